The lowest BCUT2D eigenvalue weighted by atomic mass is 9.87. The number of hydrogen-bond acceptors (Lipinski definition) is 2. The van der Waals surface area contributed by atoms with Crippen LogP contribution in [0.15, 0.2) is 12.1 Å². The molecule has 0 aromatic heterocycles. The van der Waals surface area contributed by atoms with Crippen molar-refractivity contribution < 1.29 is 4.74 Å². The van der Waals surface area contributed by atoms with Crippen molar-refractivity contribution in [1.82, 2.24) is 5.32 Å². The number of ether oxygens (including phenoxy) is 1. The lowest BCUT2D eigenvalue weighted by Crippen LogP contribution is -2.34. The fraction of sp³-hybridized carbons (Fsp3) is 0.538. The fourth-order valence-electron chi connectivity index (χ4n) is 2.60. The average molecular weight is 240 g/mol. The van der Waals surface area contributed by atoms with Crippen LogP contribution in [0.4, 0.5) is 0 Å². The van der Waals surface area contributed by atoms with Crippen LogP contribution in [0.2, 0.25) is 5.02 Å². The maximum Gasteiger partial charge on any atom is 0.137 e. The molecule has 1 aliphatic heterocycles. The van der Waals surface area contributed by atoms with E-state index in [2.05, 4.69) is 25.2 Å². The van der Waals surface area contributed by atoms with Crippen LogP contribution in [0.5, 0.6) is 5.75 Å². The van der Waals surface area contributed by atoms with E-state index in [1.807, 2.05) is 6.07 Å². The molecule has 2 rings (SSSR count). The number of methoxy groups -OCH3 is 1. The molecule has 0 saturated carbocycles. The van der Waals surface area contributed by atoms with Crippen LogP contribution >= 0.6 is 11.6 Å². The predicted molar refractivity (Wildman–Crippen MR) is 67.3 cm³/mol. The van der Waals surface area contributed by atoms with Gasteiger partial charge < -0.3 is 10.1 Å². The van der Waals surface area contributed by atoms with E-state index in [1.54, 1.807) is 7.11 Å². The van der Waals surface area contributed by atoms with Gasteiger partial charge in [0.1, 0.15) is 5.75 Å². The molecule has 0 aliphatic carbocycles. The number of hydrogen-bond donors (Lipinski definition) is 1. The Morgan fingerprint density at radius 2 is 2.19 bits per heavy atom. The molecule has 0 spiro atoms. The molecular formula is C13H18ClNO. The molecule has 0 bridgehead atoms. The van der Waals surface area contributed by atoms with Crippen LogP contribution in [0.3, 0.4) is 0 Å². The molecule has 3 heteroatoms. The van der Waals surface area contributed by atoms with E-state index in [1.165, 1.54) is 17.5 Å². The highest BCUT2D eigenvalue weighted by atomic mass is 35.5. The van der Waals surface area contributed by atoms with E-state index < -0.39 is 0 Å². The van der Waals surface area contributed by atoms with Crippen molar-refractivity contribution >= 4 is 11.6 Å². The van der Waals surface area contributed by atoms with Gasteiger partial charge in [-0.25, -0.2) is 0 Å². The summed E-state index contributed by atoms with van der Waals surface area (Å²) in [7, 11) is 1.66. The van der Waals surface area contributed by atoms with Gasteiger partial charge in [-0.05, 0) is 50.4 Å². The monoisotopic (exact) mass is 239 g/mol. The summed E-state index contributed by atoms with van der Waals surface area (Å²) in [6.45, 7) is 5.38. The van der Waals surface area contributed by atoms with E-state index in [0.29, 0.717) is 0 Å². The van der Waals surface area contributed by atoms with Crippen LogP contribution in [-0.2, 0) is 5.54 Å². The number of halogens is 1. The standard InChI is InChI=1S/C13H18ClNO/c1-9-5-6-10(16-3)12(14)11(9)13(2)7-4-8-15-13/h5-6,15H,4,7-8H2,1-3H3. The molecule has 0 radical (unpaired) electrons. The third-order valence-corrected chi connectivity index (χ3v) is 3.83. The van der Waals surface area contributed by atoms with E-state index in [4.69, 9.17) is 16.3 Å². The Labute approximate surface area is 102 Å². The van der Waals surface area contributed by atoms with Gasteiger partial charge in [0.25, 0.3) is 0 Å². The van der Waals surface area contributed by atoms with E-state index in [9.17, 15) is 0 Å². The quantitative estimate of drug-likeness (QED) is 0.856. The Balaban J connectivity index is 2.54. The van der Waals surface area contributed by atoms with E-state index >= 15 is 0 Å². The first kappa shape index (κ1) is 11.7. The first-order chi connectivity index (χ1) is 7.58. The molecule has 1 saturated heterocycles. The van der Waals surface area contributed by atoms with Crippen molar-refractivity contribution in [1.29, 1.82) is 0 Å². The number of aryl methyl sites for hydroxylation is 1. The van der Waals surface area contributed by atoms with Crippen LogP contribution in [0, 0.1) is 6.92 Å². The van der Waals surface area contributed by atoms with Gasteiger partial charge in [0, 0.05) is 5.54 Å². The summed E-state index contributed by atoms with van der Waals surface area (Å²) in [5.74, 6) is 0.761. The Morgan fingerprint density at radius 1 is 1.44 bits per heavy atom. The van der Waals surface area contributed by atoms with Crippen LogP contribution < -0.4 is 10.1 Å². The molecule has 1 atom stereocenters. The van der Waals surface area contributed by atoms with Gasteiger partial charge in [0.15, 0.2) is 0 Å². The smallest absolute Gasteiger partial charge is 0.137 e. The molecule has 1 aromatic rings. The molecule has 16 heavy (non-hydrogen) atoms. The maximum absolute atomic E-state index is 6.42. The lowest BCUT2D eigenvalue weighted by Gasteiger charge is -2.28. The number of rotatable bonds is 2. The summed E-state index contributed by atoms with van der Waals surface area (Å²) in [6, 6.07) is 4.00. The van der Waals surface area contributed by atoms with Crippen LogP contribution in [0.25, 0.3) is 0 Å². The van der Waals surface area contributed by atoms with Crippen molar-refractivity contribution in [2.75, 3.05) is 13.7 Å². The highest BCUT2D eigenvalue weighted by Gasteiger charge is 2.34. The van der Waals surface area contributed by atoms with Crippen molar-refractivity contribution in [2.45, 2.75) is 32.2 Å². The van der Waals surface area contributed by atoms with Crippen LogP contribution in [-0.4, -0.2) is 13.7 Å². The summed E-state index contributed by atoms with van der Waals surface area (Å²) in [5.41, 5.74) is 2.41. The molecule has 2 nitrogen and oxygen atoms in total. The lowest BCUT2D eigenvalue weighted by molar-refractivity contribution is 0.403. The highest BCUT2D eigenvalue weighted by molar-refractivity contribution is 6.33. The number of nitrogens with one attached hydrogen (secondary N) is 1. The van der Waals surface area contributed by atoms with E-state index in [0.717, 1.165) is 23.7 Å². The Bertz CT molecular complexity index is 397. The zero-order chi connectivity index (χ0) is 11.8. The van der Waals surface area contributed by atoms with Crippen molar-refractivity contribution in [2.24, 2.45) is 0 Å². The minimum Gasteiger partial charge on any atom is -0.495 e. The largest absolute Gasteiger partial charge is 0.495 e. The normalized spacial score (nSPS) is 24.8. The molecular weight excluding hydrogens is 222 g/mol. The summed E-state index contributed by atoms with van der Waals surface area (Å²) in [6.07, 6.45) is 2.32. The summed E-state index contributed by atoms with van der Waals surface area (Å²) >= 11 is 6.42. The first-order valence-corrected chi connectivity index (χ1v) is 6.05. The average Bonchev–Trinajstić information content (AvgIpc) is 2.66. The van der Waals surface area contributed by atoms with Gasteiger partial charge >= 0.3 is 0 Å². The zero-order valence-corrected chi connectivity index (χ0v) is 10.8. The topological polar surface area (TPSA) is 21.3 Å². The van der Waals surface area contributed by atoms with E-state index in [-0.39, 0.29) is 5.54 Å². The fourth-order valence-corrected chi connectivity index (χ4v) is 3.09. The molecule has 1 fully saturated rings. The molecule has 1 aromatic carbocycles. The molecule has 1 N–H and O–H groups in total. The predicted octanol–water partition coefficient (Wildman–Crippen LogP) is 3.26. The SMILES string of the molecule is COc1ccc(C)c(C2(C)CCCN2)c1Cl. The Hall–Kier alpha value is -0.730. The second kappa shape index (κ2) is 4.27. The summed E-state index contributed by atoms with van der Waals surface area (Å²) in [5, 5.41) is 4.29. The second-order valence-corrected chi connectivity index (χ2v) is 5.01. The molecule has 0 amide bonds. The van der Waals surface area contributed by atoms with Crippen molar-refractivity contribution in [3.63, 3.8) is 0 Å². The van der Waals surface area contributed by atoms with Crippen molar-refractivity contribution in [3.8, 4) is 5.75 Å². The molecule has 88 valence electrons. The van der Waals surface area contributed by atoms with Gasteiger partial charge in [0.2, 0.25) is 0 Å². The molecule has 1 aliphatic rings. The van der Waals surface area contributed by atoms with Gasteiger partial charge in [-0.3, -0.25) is 0 Å². The summed E-state index contributed by atoms with van der Waals surface area (Å²) < 4.78 is 5.29. The zero-order valence-electron chi connectivity index (χ0n) is 10.1. The molecule has 1 heterocycles. The van der Waals surface area contributed by atoms with Gasteiger partial charge in [-0.15, -0.1) is 0 Å². The maximum atomic E-state index is 6.42. The minimum atomic E-state index is -0.00426. The Morgan fingerprint density at radius 3 is 2.75 bits per heavy atom. The second-order valence-electron chi connectivity index (χ2n) is 4.64. The van der Waals surface area contributed by atoms with Gasteiger partial charge in [0.05, 0.1) is 12.1 Å². The first-order valence-electron chi connectivity index (χ1n) is 5.67. The van der Waals surface area contributed by atoms with Gasteiger partial charge in [-0.1, -0.05) is 17.7 Å². The third kappa shape index (κ3) is 1.80. The third-order valence-electron chi connectivity index (χ3n) is 3.46. The van der Waals surface area contributed by atoms with Crippen LogP contribution in [0.1, 0.15) is 30.9 Å². The molecule has 1 unspecified atom stereocenters. The number of benzene rings is 1. The van der Waals surface area contributed by atoms with Gasteiger partial charge in [-0.2, -0.15) is 0 Å². The minimum absolute atomic E-state index is 0.00426. The van der Waals surface area contributed by atoms with Crippen molar-refractivity contribution in [3.05, 3.63) is 28.3 Å². The highest BCUT2D eigenvalue weighted by Crippen LogP contribution is 2.41. The Kier molecular flexibility index (Phi) is 3.13. The summed E-state index contributed by atoms with van der Waals surface area (Å²) in [4.78, 5) is 0.